The number of anilines is 1. The van der Waals surface area contributed by atoms with E-state index >= 15 is 0 Å². The van der Waals surface area contributed by atoms with Gasteiger partial charge < -0.3 is 33.9 Å². The summed E-state index contributed by atoms with van der Waals surface area (Å²) in [6, 6.07) is 8.02. The van der Waals surface area contributed by atoms with Gasteiger partial charge in [0, 0.05) is 36.6 Å². The normalized spacial score (nSPS) is 21.1. The van der Waals surface area contributed by atoms with E-state index < -0.39 is 30.1 Å². The molecule has 3 aromatic rings. The van der Waals surface area contributed by atoms with Crippen LogP contribution in [0.15, 0.2) is 47.3 Å². The van der Waals surface area contributed by atoms with Crippen LogP contribution in [0.4, 0.5) is 18.9 Å². The number of esters is 2. The van der Waals surface area contributed by atoms with Crippen LogP contribution in [0, 0.1) is 5.92 Å². The number of carboxylic acid groups (broad SMARTS) is 1. The third-order valence-electron chi connectivity index (χ3n) is 7.69. The molecule has 3 aliphatic rings. The van der Waals surface area contributed by atoms with Crippen molar-refractivity contribution < 1.29 is 56.1 Å². The topological polar surface area (TPSA) is 144 Å². The fourth-order valence-corrected chi connectivity index (χ4v) is 6.84. The number of alkyl halides is 3. The molecule has 3 aromatic heterocycles. The molecule has 0 amide bonds. The number of pyridine rings is 1. The molecule has 0 spiro atoms. The van der Waals surface area contributed by atoms with Crippen molar-refractivity contribution in [3.63, 3.8) is 0 Å². The number of Topliss-reactive ketones (excluding diaryl/α,β-unsaturated/α-hetero) is 1. The number of carbonyl (C=O) groups is 4. The SMILES string of the molecule is COC(=O)c1sccc1NC(C(=O)O[C@H]1C[N+]2(CC(=O)c3cccs3)CCC1CC2)c1ccc(OC)nc1.O=C([O-])C(F)(F)F. The molecule has 1 N–H and O–H groups in total. The molecule has 0 saturated carbocycles. The molecule has 2 bridgehead atoms. The first-order valence-electron chi connectivity index (χ1n) is 13.7. The fourth-order valence-electron chi connectivity index (χ4n) is 5.40. The average Bonchev–Trinajstić information content (AvgIpc) is 3.73. The molecule has 45 heavy (non-hydrogen) atoms. The number of carbonyl (C=O) groups excluding carboxylic acids is 4. The molecule has 6 rings (SSSR count). The maximum atomic E-state index is 13.7. The second-order valence-electron chi connectivity index (χ2n) is 10.5. The molecular weight excluding hydrogens is 639 g/mol. The minimum atomic E-state index is -5.19. The van der Waals surface area contributed by atoms with Crippen molar-refractivity contribution in [3.8, 4) is 5.88 Å². The second-order valence-corrected chi connectivity index (χ2v) is 12.4. The smallest absolute Gasteiger partial charge is 0.430 e. The maximum absolute atomic E-state index is 13.7. The van der Waals surface area contributed by atoms with Gasteiger partial charge in [-0.2, -0.15) is 13.2 Å². The molecule has 0 radical (unpaired) electrons. The third kappa shape index (κ3) is 8.38. The standard InChI is InChI=1S/C27H29N3O6S2.C2HF3O2/c1-34-23-6-5-18(14-28-23)24(29-19-9-13-38-25(19)27(33)35-2)26(32)36-21-16-30(10-7-17(21)8-11-30)15-20(31)22-4-3-12-37-22;3-2(4,5)1(6)7/h3-6,9,12-14,17,21,24H,7-8,10-11,15-16H2,1-2H3;(H,6,7)/t17?,21-,24?,30?;/m0./s1. The van der Waals surface area contributed by atoms with E-state index in [2.05, 4.69) is 10.3 Å². The highest BCUT2D eigenvalue weighted by Crippen LogP contribution is 2.37. The molecule has 3 fully saturated rings. The van der Waals surface area contributed by atoms with Crippen LogP contribution in [-0.2, 0) is 19.1 Å². The van der Waals surface area contributed by atoms with Crippen LogP contribution < -0.4 is 15.2 Å². The Balaban J connectivity index is 0.000000591. The summed E-state index contributed by atoms with van der Waals surface area (Å²) in [7, 11) is 2.84. The van der Waals surface area contributed by atoms with Gasteiger partial charge in [-0.25, -0.2) is 14.6 Å². The Labute approximate surface area is 264 Å². The zero-order chi connectivity index (χ0) is 32.8. The van der Waals surface area contributed by atoms with Gasteiger partial charge in [0.25, 0.3) is 0 Å². The van der Waals surface area contributed by atoms with Crippen molar-refractivity contribution >= 4 is 52.1 Å². The van der Waals surface area contributed by atoms with E-state index in [1.165, 1.54) is 36.9 Å². The highest BCUT2D eigenvalue weighted by molar-refractivity contribution is 7.12. The minimum absolute atomic E-state index is 0.141. The Bertz CT molecular complexity index is 1490. The summed E-state index contributed by atoms with van der Waals surface area (Å²) in [6.45, 7) is 2.87. The van der Waals surface area contributed by atoms with E-state index in [-0.39, 0.29) is 17.8 Å². The summed E-state index contributed by atoms with van der Waals surface area (Å²) in [5.41, 5.74) is 1.06. The summed E-state index contributed by atoms with van der Waals surface area (Å²) >= 11 is 2.69. The highest BCUT2D eigenvalue weighted by atomic mass is 32.1. The lowest BCUT2D eigenvalue weighted by molar-refractivity contribution is -0.938. The number of carboxylic acids is 1. The number of hydrogen-bond donors (Lipinski definition) is 1. The number of nitrogens with zero attached hydrogens (tertiary/aromatic N) is 2. The summed E-state index contributed by atoms with van der Waals surface area (Å²) < 4.78 is 48.4. The van der Waals surface area contributed by atoms with Gasteiger partial charge in [0.15, 0.2) is 12.1 Å². The number of quaternary nitrogens is 1. The van der Waals surface area contributed by atoms with Crippen LogP contribution in [0.2, 0.25) is 0 Å². The van der Waals surface area contributed by atoms with Gasteiger partial charge in [-0.3, -0.25) is 4.79 Å². The summed E-state index contributed by atoms with van der Waals surface area (Å²) in [5, 5.41) is 15.6. The van der Waals surface area contributed by atoms with Gasteiger partial charge in [0.05, 0.1) is 37.9 Å². The van der Waals surface area contributed by atoms with Crippen LogP contribution in [0.3, 0.4) is 0 Å². The Hall–Kier alpha value is -4.02. The number of ketones is 1. The monoisotopic (exact) mass is 669 g/mol. The first-order chi connectivity index (χ1) is 21.4. The summed E-state index contributed by atoms with van der Waals surface area (Å²) in [5.74, 6) is -3.13. The molecule has 2 atom stereocenters. The van der Waals surface area contributed by atoms with E-state index in [0.717, 1.165) is 30.8 Å². The van der Waals surface area contributed by atoms with Gasteiger partial charge >= 0.3 is 18.1 Å². The zero-order valence-corrected chi connectivity index (χ0v) is 25.8. The maximum Gasteiger partial charge on any atom is 0.430 e. The van der Waals surface area contributed by atoms with Crippen molar-refractivity contribution in [1.29, 1.82) is 0 Å². The largest absolute Gasteiger partial charge is 0.542 e. The number of fused-ring (bicyclic) bond motifs is 3. The molecule has 11 nitrogen and oxygen atoms in total. The van der Waals surface area contributed by atoms with Gasteiger partial charge in [-0.1, -0.05) is 6.07 Å². The van der Waals surface area contributed by atoms with Gasteiger partial charge in [-0.05, 0) is 29.0 Å². The molecule has 0 aliphatic carbocycles. The first kappa shape index (κ1) is 33.9. The molecular formula is C29H30F3N3O8S2. The second kappa shape index (κ2) is 14.4. The van der Waals surface area contributed by atoms with E-state index in [4.69, 9.17) is 24.1 Å². The van der Waals surface area contributed by atoms with E-state index in [1.54, 1.807) is 29.8 Å². The molecule has 3 aliphatic heterocycles. The van der Waals surface area contributed by atoms with Crippen molar-refractivity contribution in [1.82, 2.24) is 4.98 Å². The minimum Gasteiger partial charge on any atom is -0.542 e. The predicted octanol–water partition coefficient (Wildman–Crippen LogP) is 3.49. The molecule has 16 heteroatoms. The Morgan fingerprint density at radius 1 is 1.09 bits per heavy atom. The highest BCUT2D eigenvalue weighted by Gasteiger charge is 2.49. The summed E-state index contributed by atoms with van der Waals surface area (Å²) in [6.07, 6.45) is -2.10. The molecule has 1 unspecified atom stereocenters. The Kier molecular flexibility index (Phi) is 10.8. The van der Waals surface area contributed by atoms with Crippen LogP contribution in [-0.4, -0.2) is 85.8 Å². The zero-order valence-electron chi connectivity index (χ0n) is 24.2. The summed E-state index contributed by atoms with van der Waals surface area (Å²) in [4.78, 5) is 53.1. The first-order valence-corrected chi connectivity index (χ1v) is 15.4. The number of hydrogen-bond acceptors (Lipinski definition) is 12. The van der Waals surface area contributed by atoms with Crippen molar-refractivity contribution in [2.24, 2.45) is 5.92 Å². The van der Waals surface area contributed by atoms with Crippen molar-refractivity contribution in [2.45, 2.75) is 31.2 Å². The molecule has 242 valence electrons. The fraction of sp³-hybridized carbons (Fsp3) is 0.414. The van der Waals surface area contributed by atoms with Crippen LogP contribution in [0.1, 0.15) is 43.8 Å². The lowest BCUT2D eigenvalue weighted by Gasteiger charge is -2.51. The van der Waals surface area contributed by atoms with E-state index in [9.17, 15) is 27.6 Å². The number of aliphatic carboxylic acids is 1. The number of nitrogens with one attached hydrogen (secondary N) is 1. The number of ether oxygens (including phenoxy) is 3. The van der Waals surface area contributed by atoms with E-state index in [1.807, 2.05) is 17.5 Å². The van der Waals surface area contributed by atoms with E-state index in [0.29, 0.717) is 39.6 Å². The number of halogens is 3. The number of thiophene rings is 2. The lowest BCUT2D eigenvalue weighted by Crippen LogP contribution is -2.65. The molecule has 3 saturated heterocycles. The third-order valence-corrected chi connectivity index (χ3v) is 9.49. The molecule has 0 aromatic carbocycles. The Morgan fingerprint density at radius 2 is 1.80 bits per heavy atom. The Morgan fingerprint density at radius 3 is 2.36 bits per heavy atom. The van der Waals surface area contributed by atoms with Crippen molar-refractivity contribution in [2.75, 3.05) is 45.7 Å². The van der Waals surface area contributed by atoms with Gasteiger partial charge in [0.2, 0.25) is 11.7 Å². The number of aromatic nitrogens is 1. The average molecular weight is 670 g/mol. The van der Waals surface area contributed by atoms with Crippen LogP contribution >= 0.6 is 22.7 Å². The number of piperidine rings is 3. The number of rotatable bonds is 10. The van der Waals surface area contributed by atoms with Gasteiger partial charge in [0.1, 0.15) is 23.9 Å². The lowest BCUT2D eigenvalue weighted by atomic mass is 9.83. The number of methoxy groups -OCH3 is 2. The van der Waals surface area contributed by atoms with Crippen LogP contribution in [0.25, 0.3) is 0 Å². The predicted molar refractivity (Wildman–Crippen MR) is 155 cm³/mol. The van der Waals surface area contributed by atoms with Crippen molar-refractivity contribution in [3.05, 3.63) is 62.6 Å². The van der Waals surface area contributed by atoms with Crippen LogP contribution in [0.5, 0.6) is 5.88 Å². The molecule has 6 heterocycles. The van der Waals surface area contributed by atoms with Gasteiger partial charge in [-0.15, -0.1) is 22.7 Å². The quantitative estimate of drug-likeness (QED) is 0.194.